The van der Waals surface area contributed by atoms with Crippen molar-refractivity contribution in [3.8, 4) is 0 Å². The first-order chi connectivity index (χ1) is 8.34. The van der Waals surface area contributed by atoms with E-state index >= 15 is 0 Å². The Kier molecular flexibility index (Phi) is 5.67. The van der Waals surface area contributed by atoms with Gasteiger partial charge in [-0.3, -0.25) is 4.79 Å². The Labute approximate surface area is 122 Å². The number of hydrogen-bond donors (Lipinski definition) is 1. The first kappa shape index (κ1) is 15.5. The summed E-state index contributed by atoms with van der Waals surface area (Å²) in [4.78, 5) is 11.6. The molecule has 0 aromatic heterocycles. The van der Waals surface area contributed by atoms with Gasteiger partial charge in [0.15, 0.2) is 0 Å². The van der Waals surface area contributed by atoms with Crippen LogP contribution in [0.1, 0.15) is 39.2 Å². The van der Waals surface area contributed by atoms with Gasteiger partial charge in [0.25, 0.3) is 0 Å². The van der Waals surface area contributed by atoms with E-state index in [2.05, 4.69) is 48.1 Å². The van der Waals surface area contributed by atoms with Crippen LogP contribution in [0.5, 0.6) is 0 Å². The van der Waals surface area contributed by atoms with Gasteiger partial charge in [0.2, 0.25) is 5.91 Å². The average Bonchev–Trinajstić information content (AvgIpc) is 2.27. The number of alkyl halides is 1. The molecule has 0 fully saturated rings. The maximum atomic E-state index is 11.6. The molecule has 0 saturated heterocycles. The van der Waals surface area contributed by atoms with Crippen molar-refractivity contribution in [1.82, 2.24) is 0 Å². The summed E-state index contributed by atoms with van der Waals surface area (Å²) in [7, 11) is 0. The summed E-state index contributed by atoms with van der Waals surface area (Å²) in [6.45, 7) is 6.48. The predicted octanol–water partition coefficient (Wildman–Crippen LogP) is 4.70. The highest BCUT2D eigenvalue weighted by atomic mass is 79.9. The van der Waals surface area contributed by atoms with Gasteiger partial charge in [0.1, 0.15) is 0 Å². The van der Waals surface area contributed by atoms with Gasteiger partial charge in [-0.1, -0.05) is 26.8 Å². The molecule has 1 rings (SSSR count). The maximum Gasteiger partial charge on any atom is 0.224 e. The first-order valence-electron chi connectivity index (χ1n) is 6.00. The van der Waals surface area contributed by atoms with Crippen molar-refractivity contribution in [2.75, 3.05) is 11.2 Å². The van der Waals surface area contributed by atoms with E-state index in [0.717, 1.165) is 10.2 Å². The van der Waals surface area contributed by atoms with E-state index < -0.39 is 0 Å². The molecule has 0 saturated carbocycles. The normalized spacial score (nSPS) is 11.4. The number of nitrogens with one attached hydrogen (secondary N) is 1. The molecule has 0 atom stereocenters. The Morgan fingerprint density at radius 3 is 2.56 bits per heavy atom. The summed E-state index contributed by atoms with van der Waals surface area (Å²) in [5.41, 5.74) is 2.14. The predicted molar refractivity (Wildman–Crippen MR) is 81.4 cm³/mol. The largest absolute Gasteiger partial charge is 0.325 e. The molecule has 0 unspecified atom stereocenters. The molecule has 0 heterocycles. The van der Waals surface area contributed by atoms with E-state index in [1.807, 2.05) is 12.1 Å². The molecule has 0 aliphatic carbocycles. The summed E-state index contributed by atoms with van der Waals surface area (Å²) < 4.78 is 0.911. The Morgan fingerprint density at radius 1 is 1.39 bits per heavy atom. The van der Waals surface area contributed by atoms with Gasteiger partial charge in [-0.15, -0.1) is 11.6 Å². The lowest BCUT2D eigenvalue weighted by molar-refractivity contribution is -0.116. The molecule has 0 spiro atoms. The molecule has 1 aromatic rings. The van der Waals surface area contributed by atoms with Crippen LogP contribution < -0.4 is 5.32 Å². The van der Waals surface area contributed by atoms with Crippen molar-refractivity contribution >= 4 is 39.1 Å². The summed E-state index contributed by atoms with van der Waals surface area (Å²) in [5, 5.41) is 2.88. The second-order valence-corrected chi connectivity index (χ2v) is 6.52. The molecule has 4 heteroatoms. The lowest BCUT2D eigenvalue weighted by Gasteiger charge is -2.20. The molecule has 1 amide bonds. The number of amides is 1. The quantitative estimate of drug-likeness (QED) is 0.795. The van der Waals surface area contributed by atoms with E-state index in [4.69, 9.17) is 11.6 Å². The topological polar surface area (TPSA) is 29.1 Å². The second-order valence-electron chi connectivity index (χ2n) is 5.29. The molecule has 2 nitrogen and oxygen atoms in total. The van der Waals surface area contributed by atoms with Crippen molar-refractivity contribution in [3.05, 3.63) is 28.2 Å². The van der Waals surface area contributed by atoms with Gasteiger partial charge in [0, 0.05) is 16.8 Å². The summed E-state index contributed by atoms with van der Waals surface area (Å²) in [6.07, 6.45) is 1.15. The average molecular weight is 333 g/mol. The van der Waals surface area contributed by atoms with Crippen molar-refractivity contribution in [1.29, 1.82) is 0 Å². The van der Waals surface area contributed by atoms with E-state index in [9.17, 15) is 4.79 Å². The highest BCUT2D eigenvalue weighted by Gasteiger charge is 2.15. The zero-order valence-electron chi connectivity index (χ0n) is 11.0. The van der Waals surface area contributed by atoms with Crippen LogP contribution in [0, 0.1) is 0 Å². The first-order valence-corrected chi connectivity index (χ1v) is 7.33. The molecule has 0 aliphatic heterocycles. The van der Waals surface area contributed by atoms with Crippen LogP contribution in [0.15, 0.2) is 22.7 Å². The fraction of sp³-hybridized carbons (Fsp3) is 0.500. The SMILES string of the molecule is CC(C)(C)c1ccc(NC(=O)CCCCl)c(Br)c1. The van der Waals surface area contributed by atoms with Crippen LogP contribution in [-0.2, 0) is 10.2 Å². The Hall–Kier alpha value is -0.540. The molecule has 0 radical (unpaired) electrons. The minimum atomic E-state index is -0.000131. The maximum absolute atomic E-state index is 11.6. The number of benzene rings is 1. The zero-order valence-corrected chi connectivity index (χ0v) is 13.4. The van der Waals surface area contributed by atoms with Crippen LogP contribution >= 0.6 is 27.5 Å². The van der Waals surface area contributed by atoms with Crippen molar-refractivity contribution in [2.45, 2.75) is 39.0 Å². The zero-order chi connectivity index (χ0) is 13.8. The minimum Gasteiger partial charge on any atom is -0.325 e. The molecule has 1 aromatic carbocycles. The van der Waals surface area contributed by atoms with E-state index in [0.29, 0.717) is 18.7 Å². The highest BCUT2D eigenvalue weighted by molar-refractivity contribution is 9.10. The van der Waals surface area contributed by atoms with Crippen molar-refractivity contribution in [3.63, 3.8) is 0 Å². The number of halogens is 2. The molecular formula is C14H19BrClNO. The van der Waals surface area contributed by atoms with Gasteiger partial charge in [-0.25, -0.2) is 0 Å². The Bertz CT molecular complexity index is 426. The number of hydrogen-bond acceptors (Lipinski definition) is 1. The highest BCUT2D eigenvalue weighted by Crippen LogP contribution is 2.30. The minimum absolute atomic E-state index is 0.000131. The van der Waals surface area contributed by atoms with E-state index in [1.165, 1.54) is 5.56 Å². The van der Waals surface area contributed by atoms with Crippen LogP contribution in [0.25, 0.3) is 0 Å². The fourth-order valence-electron chi connectivity index (χ4n) is 1.52. The number of rotatable bonds is 4. The standard InChI is InChI=1S/C14H19BrClNO/c1-14(2,3)10-6-7-12(11(15)9-10)17-13(18)5-4-8-16/h6-7,9H,4-5,8H2,1-3H3,(H,17,18). The van der Waals surface area contributed by atoms with Crippen LogP contribution in [0.4, 0.5) is 5.69 Å². The smallest absolute Gasteiger partial charge is 0.224 e. The van der Waals surface area contributed by atoms with Gasteiger partial charge >= 0.3 is 0 Å². The Balaban J connectivity index is 2.77. The molecule has 1 N–H and O–H groups in total. The third-order valence-corrected chi connectivity index (χ3v) is 3.57. The third kappa shape index (κ3) is 4.62. The van der Waals surface area contributed by atoms with E-state index in [1.54, 1.807) is 0 Å². The van der Waals surface area contributed by atoms with Crippen LogP contribution in [-0.4, -0.2) is 11.8 Å². The van der Waals surface area contributed by atoms with Crippen molar-refractivity contribution in [2.24, 2.45) is 0 Å². The van der Waals surface area contributed by atoms with Gasteiger partial charge in [-0.2, -0.15) is 0 Å². The monoisotopic (exact) mass is 331 g/mol. The second kappa shape index (κ2) is 6.58. The number of carbonyl (C=O) groups excluding carboxylic acids is 1. The van der Waals surface area contributed by atoms with Gasteiger partial charge in [0.05, 0.1) is 5.69 Å². The van der Waals surface area contributed by atoms with Crippen LogP contribution in [0.2, 0.25) is 0 Å². The lowest BCUT2D eigenvalue weighted by atomic mass is 9.87. The van der Waals surface area contributed by atoms with Crippen LogP contribution in [0.3, 0.4) is 0 Å². The number of carbonyl (C=O) groups is 1. The fourth-order valence-corrected chi connectivity index (χ4v) is 2.13. The van der Waals surface area contributed by atoms with E-state index in [-0.39, 0.29) is 11.3 Å². The van der Waals surface area contributed by atoms with Crippen molar-refractivity contribution < 1.29 is 4.79 Å². The third-order valence-electron chi connectivity index (χ3n) is 2.65. The molecule has 0 aliphatic rings. The summed E-state index contributed by atoms with van der Waals surface area (Å²) in [5.74, 6) is 0.511. The Morgan fingerprint density at radius 2 is 2.06 bits per heavy atom. The molecule has 100 valence electrons. The summed E-state index contributed by atoms with van der Waals surface area (Å²) >= 11 is 9.06. The van der Waals surface area contributed by atoms with Gasteiger partial charge in [-0.05, 0) is 45.5 Å². The molecule has 0 bridgehead atoms. The number of anilines is 1. The summed E-state index contributed by atoms with van der Waals surface area (Å²) in [6, 6.07) is 6.03. The lowest BCUT2D eigenvalue weighted by Crippen LogP contribution is -2.14. The molecule has 18 heavy (non-hydrogen) atoms. The van der Waals surface area contributed by atoms with Gasteiger partial charge < -0.3 is 5.32 Å². The molecular weight excluding hydrogens is 314 g/mol.